The highest BCUT2D eigenvalue weighted by Gasteiger charge is 2.09. The third kappa shape index (κ3) is 1.45. The van der Waals surface area contributed by atoms with Crippen LogP contribution in [0, 0.1) is 0 Å². The topological polar surface area (TPSA) is 48.0 Å². The van der Waals surface area contributed by atoms with Crippen molar-refractivity contribution in [1.82, 2.24) is 19.1 Å². The van der Waals surface area contributed by atoms with Gasteiger partial charge in [-0.05, 0) is 6.26 Å². The fraction of sp³-hybridized carbons (Fsp3) is 0.444. The highest BCUT2D eigenvalue weighted by molar-refractivity contribution is 7.98. The molecule has 0 saturated heterocycles. The third-order valence-electron chi connectivity index (χ3n) is 2.33. The molecular weight excluding hydrogens is 210 g/mol. The highest BCUT2D eigenvalue weighted by atomic mass is 32.2. The second-order valence-electron chi connectivity index (χ2n) is 3.23. The van der Waals surface area contributed by atoms with Gasteiger partial charge in [0.15, 0.2) is 16.3 Å². The van der Waals surface area contributed by atoms with Crippen LogP contribution in [-0.2, 0) is 14.1 Å². The first-order chi connectivity index (χ1) is 7.19. The van der Waals surface area contributed by atoms with Gasteiger partial charge < -0.3 is 9.13 Å². The Balaban J connectivity index is 3.00. The summed E-state index contributed by atoms with van der Waals surface area (Å²) in [6, 6.07) is 0. The maximum Gasteiger partial charge on any atom is 0.177 e. The Morgan fingerprint density at radius 3 is 2.73 bits per heavy atom. The van der Waals surface area contributed by atoms with Crippen molar-refractivity contribution in [2.75, 3.05) is 13.3 Å². The van der Waals surface area contributed by atoms with Crippen LogP contribution in [0.2, 0.25) is 0 Å². The standard InChI is InChI=1S/C9H13N5S/c1-10-7-6-8(11-5-13(6)2)14(3)9(12-7)15-4/h5H,1-4H3. The largest absolute Gasteiger partial charge is 0.329 e. The molecule has 0 amide bonds. The summed E-state index contributed by atoms with van der Waals surface area (Å²) >= 11 is 1.59. The molecular formula is C9H13N5S. The predicted molar refractivity (Wildman–Crippen MR) is 60.7 cm³/mol. The van der Waals surface area contributed by atoms with Crippen molar-refractivity contribution in [3.63, 3.8) is 0 Å². The SMILES string of the molecule is CN=c1nc(SC)n(C)c2ncn(C)c12. The van der Waals surface area contributed by atoms with E-state index < -0.39 is 0 Å². The monoisotopic (exact) mass is 223 g/mol. The van der Waals surface area contributed by atoms with E-state index in [-0.39, 0.29) is 0 Å². The molecule has 0 aliphatic heterocycles. The van der Waals surface area contributed by atoms with Gasteiger partial charge in [0, 0.05) is 21.1 Å². The number of nitrogens with zero attached hydrogens (tertiary/aromatic N) is 5. The minimum absolute atomic E-state index is 0.743. The van der Waals surface area contributed by atoms with Crippen molar-refractivity contribution in [3.8, 4) is 0 Å². The zero-order chi connectivity index (χ0) is 11.0. The summed E-state index contributed by atoms with van der Waals surface area (Å²) in [7, 11) is 5.66. The summed E-state index contributed by atoms with van der Waals surface area (Å²) in [4.78, 5) is 13.0. The first-order valence-electron chi connectivity index (χ1n) is 4.54. The second kappa shape index (κ2) is 3.69. The molecule has 2 heterocycles. The Hall–Kier alpha value is -1.30. The minimum atomic E-state index is 0.743. The molecule has 80 valence electrons. The molecule has 0 unspecified atom stereocenters. The number of aromatic nitrogens is 4. The third-order valence-corrected chi connectivity index (χ3v) is 3.06. The lowest BCUT2D eigenvalue weighted by molar-refractivity contribution is 0.749. The average molecular weight is 223 g/mol. The Morgan fingerprint density at radius 1 is 1.40 bits per heavy atom. The van der Waals surface area contributed by atoms with Crippen molar-refractivity contribution in [2.24, 2.45) is 19.1 Å². The lowest BCUT2D eigenvalue weighted by Crippen LogP contribution is -2.17. The van der Waals surface area contributed by atoms with Crippen LogP contribution in [0.5, 0.6) is 0 Å². The predicted octanol–water partition coefficient (Wildman–Crippen LogP) is 0.559. The van der Waals surface area contributed by atoms with Gasteiger partial charge in [-0.3, -0.25) is 4.99 Å². The van der Waals surface area contributed by atoms with E-state index in [0.29, 0.717) is 0 Å². The van der Waals surface area contributed by atoms with Gasteiger partial charge in [-0.25, -0.2) is 9.97 Å². The van der Waals surface area contributed by atoms with Crippen LogP contribution < -0.4 is 5.49 Å². The van der Waals surface area contributed by atoms with E-state index in [1.54, 1.807) is 25.1 Å². The summed E-state index contributed by atoms with van der Waals surface area (Å²) in [5, 5.41) is 0.918. The summed E-state index contributed by atoms with van der Waals surface area (Å²) < 4.78 is 3.92. The van der Waals surface area contributed by atoms with Crippen LogP contribution in [0.4, 0.5) is 0 Å². The average Bonchev–Trinajstić information content (AvgIpc) is 2.63. The van der Waals surface area contributed by atoms with Crippen LogP contribution in [0.25, 0.3) is 11.2 Å². The number of hydrogen-bond acceptors (Lipinski definition) is 4. The lowest BCUT2D eigenvalue weighted by atomic mass is 10.5. The number of hydrogen-bond donors (Lipinski definition) is 0. The molecule has 2 aromatic heterocycles. The molecule has 0 N–H and O–H groups in total. The van der Waals surface area contributed by atoms with E-state index in [4.69, 9.17) is 0 Å². The number of imidazole rings is 1. The normalized spacial score (nSPS) is 12.7. The van der Waals surface area contributed by atoms with Gasteiger partial charge >= 0.3 is 0 Å². The number of fused-ring (bicyclic) bond motifs is 1. The van der Waals surface area contributed by atoms with Crippen molar-refractivity contribution in [1.29, 1.82) is 0 Å². The number of thioether (sulfide) groups is 1. The Morgan fingerprint density at radius 2 is 2.13 bits per heavy atom. The van der Waals surface area contributed by atoms with Crippen molar-refractivity contribution < 1.29 is 0 Å². The molecule has 6 heteroatoms. The molecule has 0 aliphatic carbocycles. The van der Waals surface area contributed by atoms with E-state index in [0.717, 1.165) is 21.8 Å². The van der Waals surface area contributed by atoms with E-state index in [2.05, 4.69) is 15.0 Å². The van der Waals surface area contributed by atoms with E-state index in [9.17, 15) is 0 Å². The number of rotatable bonds is 1. The molecule has 0 fully saturated rings. The maximum atomic E-state index is 4.47. The maximum absolute atomic E-state index is 4.47. The molecule has 0 bridgehead atoms. The van der Waals surface area contributed by atoms with Gasteiger partial charge in [0.1, 0.15) is 5.52 Å². The zero-order valence-corrected chi connectivity index (χ0v) is 10.0. The second-order valence-corrected chi connectivity index (χ2v) is 4.01. The number of aryl methyl sites for hydroxylation is 2. The molecule has 15 heavy (non-hydrogen) atoms. The fourth-order valence-electron chi connectivity index (χ4n) is 1.57. The molecule has 2 aromatic rings. The first kappa shape index (κ1) is 10.2. The van der Waals surface area contributed by atoms with Crippen molar-refractivity contribution in [3.05, 3.63) is 11.8 Å². The molecule has 0 radical (unpaired) electrons. The van der Waals surface area contributed by atoms with Crippen LogP contribution in [0.15, 0.2) is 16.5 Å². The van der Waals surface area contributed by atoms with E-state index in [1.807, 2.05) is 29.5 Å². The van der Waals surface area contributed by atoms with E-state index >= 15 is 0 Å². The van der Waals surface area contributed by atoms with Gasteiger partial charge in [0.2, 0.25) is 0 Å². The van der Waals surface area contributed by atoms with Gasteiger partial charge in [-0.1, -0.05) is 11.8 Å². The van der Waals surface area contributed by atoms with Crippen LogP contribution >= 0.6 is 11.8 Å². The summed E-state index contributed by atoms with van der Waals surface area (Å²) in [5.41, 5.74) is 2.63. The van der Waals surface area contributed by atoms with Crippen LogP contribution in [0.1, 0.15) is 0 Å². The molecule has 0 atom stereocenters. The van der Waals surface area contributed by atoms with Crippen molar-refractivity contribution >= 4 is 22.9 Å². The Kier molecular flexibility index (Phi) is 2.52. The fourth-order valence-corrected chi connectivity index (χ4v) is 2.11. The first-order valence-corrected chi connectivity index (χ1v) is 5.76. The van der Waals surface area contributed by atoms with E-state index in [1.165, 1.54) is 0 Å². The molecule has 0 aliphatic rings. The Labute approximate surface area is 91.9 Å². The molecule has 0 spiro atoms. The lowest BCUT2D eigenvalue weighted by Gasteiger charge is -2.06. The summed E-state index contributed by atoms with van der Waals surface area (Å²) in [6.45, 7) is 0. The van der Waals surface area contributed by atoms with Gasteiger partial charge in [-0.15, -0.1) is 0 Å². The summed E-state index contributed by atoms with van der Waals surface area (Å²) in [5.74, 6) is 0. The highest BCUT2D eigenvalue weighted by Crippen LogP contribution is 2.13. The molecule has 0 aromatic carbocycles. The zero-order valence-electron chi connectivity index (χ0n) is 9.22. The minimum Gasteiger partial charge on any atom is -0.329 e. The van der Waals surface area contributed by atoms with Gasteiger partial charge in [-0.2, -0.15) is 0 Å². The Bertz CT molecular complexity index is 566. The van der Waals surface area contributed by atoms with Gasteiger partial charge in [0.25, 0.3) is 0 Å². The summed E-state index contributed by atoms with van der Waals surface area (Å²) in [6.07, 6.45) is 3.78. The van der Waals surface area contributed by atoms with Crippen LogP contribution in [-0.4, -0.2) is 32.4 Å². The quantitative estimate of drug-likeness (QED) is 0.524. The molecule has 2 rings (SSSR count). The van der Waals surface area contributed by atoms with Crippen LogP contribution in [0.3, 0.4) is 0 Å². The smallest absolute Gasteiger partial charge is 0.177 e. The van der Waals surface area contributed by atoms with Crippen molar-refractivity contribution in [2.45, 2.75) is 5.16 Å². The molecule has 0 saturated carbocycles. The van der Waals surface area contributed by atoms with Gasteiger partial charge in [0.05, 0.1) is 6.33 Å². The molecule has 5 nitrogen and oxygen atoms in total.